The summed E-state index contributed by atoms with van der Waals surface area (Å²) in [7, 11) is 0. The van der Waals surface area contributed by atoms with Crippen molar-refractivity contribution in [1.29, 1.82) is 0 Å². The van der Waals surface area contributed by atoms with Crippen LogP contribution in [0.1, 0.15) is 33.6 Å². The Labute approximate surface area is 97.4 Å². The number of nitrogens with one attached hydrogen (secondary N) is 1. The number of hydrogen-bond acceptors (Lipinski definition) is 3. The molecule has 0 saturated carbocycles. The van der Waals surface area contributed by atoms with Gasteiger partial charge in [-0.25, -0.2) is 0 Å². The van der Waals surface area contributed by atoms with Gasteiger partial charge in [0.2, 0.25) is 5.91 Å². The van der Waals surface area contributed by atoms with E-state index in [2.05, 4.69) is 10.2 Å². The van der Waals surface area contributed by atoms with E-state index in [4.69, 9.17) is 0 Å². The Morgan fingerprint density at radius 3 is 2.81 bits per heavy atom. The third-order valence-electron chi connectivity index (χ3n) is 2.86. The predicted molar refractivity (Wildman–Crippen MR) is 63.1 cm³/mol. The molecule has 0 aromatic carbocycles. The zero-order valence-corrected chi connectivity index (χ0v) is 10.5. The fraction of sp³-hybridized carbons (Fsp3) is 0.833. The second-order valence-electron chi connectivity index (χ2n) is 4.89. The lowest BCUT2D eigenvalue weighted by atomic mass is 9.98. The van der Waals surface area contributed by atoms with Crippen molar-refractivity contribution in [2.24, 2.45) is 5.92 Å². The number of hydrogen-bond donors (Lipinski definition) is 1. The fourth-order valence-corrected chi connectivity index (χ4v) is 1.95. The van der Waals surface area contributed by atoms with E-state index in [-0.39, 0.29) is 17.9 Å². The largest absolute Gasteiger partial charge is 0.354 e. The number of amides is 1. The number of nitrogens with zero attached hydrogens (tertiary/aromatic N) is 1. The van der Waals surface area contributed by atoms with E-state index in [1.165, 1.54) is 0 Å². The van der Waals surface area contributed by atoms with Crippen molar-refractivity contribution >= 4 is 11.7 Å². The molecule has 1 aliphatic heterocycles. The van der Waals surface area contributed by atoms with E-state index < -0.39 is 0 Å². The van der Waals surface area contributed by atoms with Crippen molar-refractivity contribution in [3.63, 3.8) is 0 Å². The minimum atomic E-state index is 0.0968. The fourth-order valence-electron chi connectivity index (χ4n) is 1.95. The first-order valence-electron chi connectivity index (χ1n) is 6.03. The van der Waals surface area contributed by atoms with Gasteiger partial charge in [0.15, 0.2) is 0 Å². The molecule has 1 rings (SSSR count). The Morgan fingerprint density at radius 1 is 1.56 bits per heavy atom. The van der Waals surface area contributed by atoms with Gasteiger partial charge in [0.1, 0.15) is 5.78 Å². The third-order valence-corrected chi connectivity index (χ3v) is 2.86. The molecular formula is C12H22N2O2. The first kappa shape index (κ1) is 13.2. The number of carbonyl (C=O) groups excluding carboxylic acids is 2. The minimum Gasteiger partial charge on any atom is -0.354 e. The van der Waals surface area contributed by atoms with Gasteiger partial charge in [-0.3, -0.25) is 9.59 Å². The van der Waals surface area contributed by atoms with Gasteiger partial charge in [0.25, 0.3) is 0 Å². The highest BCUT2D eigenvalue weighted by Gasteiger charge is 2.23. The number of Topliss-reactive ketones (excluding diaryl/α,β-unsaturated/α-hetero) is 1. The molecule has 4 heteroatoms. The van der Waals surface area contributed by atoms with E-state index >= 15 is 0 Å². The standard InChI is InChI=1S/C12H22N2O2/c1-9(2)13-12(16)5-7-14-6-4-11(15)10(3)8-14/h9-10H,4-8H2,1-3H3,(H,13,16). The molecule has 0 spiro atoms. The normalized spacial score (nSPS) is 22.5. The molecule has 1 heterocycles. The molecule has 4 nitrogen and oxygen atoms in total. The predicted octanol–water partition coefficient (Wildman–Crippen LogP) is 0.812. The van der Waals surface area contributed by atoms with Crippen LogP contribution in [-0.2, 0) is 9.59 Å². The number of piperidine rings is 1. The molecule has 1 aliphatic rings. The lowest BCUT2D eigenvalue weighted by molar-refractivity contribution is -0.125. The van der Waals surface area contributed by atoms with Crippen molar-refractivity contribution in [3.05, 3.63) is 0 Å². The van der Waals surface area contributed by atoms with E-state index in [0.717, 1.165) is 19.6 Å². The van der Waals surface area contributed by atoms with Crippen LogP contribution in [0.25, 0.3) is 0 Å². The molecular weight excluding hydrogens is 204 g/mol. The number of ketones is 1. The topological polar surface area (TPSA) is 49.4 Å². The Kier molecular flexibility index (Phi) is 4.93. The molecule has 0 aromatic heterocycles. The Balaban J connectivity index is 2.23. The van der Waals surface area contributed by atoms with Gasteiger partial charge in [0, 0.05) is 44.4 Å². The van der Waals surface area contributed by atoms with Gasteiger partial charge in [-0.1, -0.05) is 6.92 Å². The van der Waals surface area contributed by atoms with Crippen molar-refractivity contribution in [3.8, 4) is 0 Å². The van der Waals surface area contributed by atoms with Gasteiger partial charge in [-0.05, 0) is 13.8 Å². The number of likely N-dealkylation sites (tertiary alicyclic amines) is 1. The third kappa shape index (κ3) is 4.31. The van der Waals surface area contributed by atoms with Crippen LogP contribution >= 0.6 is 0 Å². The second kappa shape index (κ2) is 5.99. The van der Waals surface area contributed by atoms with Gasteiger partial charge >= 0.3 is 0 Å². The van der Waals surface area contributed by atoms with Gasteiger partial charge in [0.05, 0.1) is 0 Å². The van der Waals surface area contributed by atoms with E-state index in [0.29, 0.717) is 18.6 Å². The van der Waals surface area contributed by atoms with Crippen LogP contribution in [0.5, 0.6) is 0 Å². The highest BCUT2D eigenvalue weighted by Crippen LogP contribution is 2.12. The van der Waals surface area contributed by atoms with Crippen molar-refractivity contribution in [1.82, 2.24) is 10.2 Å². The van der Waals surface area contributed by atoms with Crippen LogP contribution in [0.2, 0.25) is 0 Å². The van der Waals surface area contributed by atoms with Crippen molar-refractivity contribution in [2.45, 2.75) is 39.7 Å². The van der Waals surface area contributed by atoms with Crippen LogP contribution in [-0.4, -0.2) is 42.3 Å². The van der Waals surface area contributed by atoms with Crippen LogP contribution in [0.3, 0.4) is 0 Å². The minimum absolute atomic E-state index is 0.0968. The van der Waals surface area contributed by atoms with Gasteiger partial charge in [-0.2, -0.15) is 0 Å². The molecule has 0 aliphatic carbocycles. The molecule has 0 aromatic rings. The summed E-state index contributed by atoms with van der Waals surface area (Å²) < 4.78 is 0. The van der Waals surface area contributed by atoms with Crippen LogP contribution < -0.4 is 5.32 Å². The van der Waals surface area contributed by atoms with E-state index in [9.17, 15) is 9.59 Å². The van der Waals surface area contributed by atoms with E-state index in [1.807, 2.05) is 20.8 Å². The SMILES string of the molecule is CC(C)NC(=O)CCN1CCC(=O)C(C)C1. The molecule has 0 bridgehead atoms. The maximum atomic E-state index is 11.4. The molecule has 92 valence electrons. The first-order valence-corrected chi connectivity index (χ1v) is 6.03. The zero-order valence-electron chi connectivity index (χ0n) is 10.5. The Morgan fingerprint density at radius 2 is 2.25 bits per heavy atom. The van der Waals surface area contributed by atoms with Crippen molar-refractivity contribution in [2.75, 3.05) is 19.6 Å². The molecule has 1 N–H and O–H groups in total. The monoisotopic (exact) mass is 226 g/mol. The summed E-state index contributed by atoms with van der Waals surface area (Å²) in [4.78, 5) is 25.0. The first-order chi connectivity index (χ1) is 7.49. The number of rotatable bonds is 4. The van der Waals surface area contributed by atoms with Gasteiger partial charge in [-0.15, -0.1) is 0 Å². The molecule has 1 saturated heterocycles. The summed E-state index contributed by atoms with van der Waals surface area (Å²) in [6.07, 6.45) is 1.16. The molecule has 1 atom stereocenters. The van der Waals surface area contributed by atoms with Crippen LogP contribution in [0, 0.1) is 5.92 Å². The maximum Gasteiger partial charge on any atom is 0.221 e. The molecule has 1 fully saturated rings. The second-order valence-corrected chi connectivity index (χ2v) is 4.89. The maximum absolute atomic E-state index is 11.4. The highest BCUT2D eigenvalue weighted by molar-refractivity contribution is 5.81. The average molecular weight is 226 g/mol. The van der Waals surface area contributed by atoms with Crippen molar-refractivity contribution < 1.29 is 9.59 Å². The average Bonchev–Trinajstić information content (AvgIpc) is 2.19. The summed E-state index contributed by atoms with van der Waals surface area (Å²) in [6.45, 7) is 8.24. The molecule has 1 amide bonds. The number of carbonyl (C=O) groups is 2. The molecule has 1 unspecified atom stereocenters. The smallest absolute Gasteiger partial charge is 0.221 e. The Hall–Kier alpha value is -0.900. The summed E-state index contributed by atoms with van der Waals surface area (Å²) in [5.74, 6) is 0.573. The quantitative estimate of drug-likeness (QED) is 0.772. The van der Waals surface area contributed by atoms with E-state index in [1.54, 1.807) is 0 Å². The lowest BCUT2D eigenvalue weighted by Gasteiger charge is -2.29. The summed E-state index contributed by atoms with van der Waals surface area (Å²) in [6, 6.07) is 0.203. The van der Waals surface area contributed by atoms with Gasteiger partial charge < -0.3 is 10.2 Å². The summed E-state index contributed by atoms with van der Waals surface area (Å²) in [5.41, 5.74) is 0. The molecule has 16 heavy (non-hydrogen) atoms. The lowest BCUT2D eigenvalue weighted by Crippen LogP contribution is -2.41. The highest BCUT2D eigenvalue weighted by atomic mass is 16.1. The zero-order chi connectivity index (χ0) is 12.1. The summed E-state index contributed by atoms with van der Waals surface area (Å²) in [5, 5.41) is 2.87. The summed E-state index contributed by atoms with van der Waals surface area (Å²) >= 11 is 0. The molecule has 0 radical (unpaired) electrons. The van der Waals surface area contributed by atoms with Crippen LogP contribution in [0.15, 0.2) is 0 Å². The Bertz CT molecular complexity index is 264. The van der Waals surface area contributed by atoms with Crippen LogP contribution in [0.4, 0.5) is 0 Å².